The third kappa shape index (κ3) is 2.47. The van der Waals surface area contributed by atoms with E-state index in [4.69, 9.17) is 0 Å². The minimum absolute atomic E-state index is 1.04. The molecule has 0 spiro atoms. The van der Waals surface area contributed by atoms with Crippen molar-refractivity contribution >= 4 is 15.9 Å². The Morgan fingerprint density at radius 1 is 1.00 bits per heavy atom. The van der Waals surface area contributed by atoms with E-state index in [1.807, 2.05) is 35.1 Å². The van der Waals surface area contributed by atoms with Gasteiger partial charge in [-0.1, -0.05) is 42.0 Å². The maximum atomic E-state index is 4.44. The van der Waals surface area contributed by atoms with Gasteiger partial charge in [-0.2, -0.15) is 5.10 Å². The number of aryl methyl sites for hydroxylation is 1. The van der Waals surface area contributed by atoms with E-state index in [1.54, 1.807) is 0 Å². The molecule has 0 amide bonds. The molecule has 0 N–H and O–H groups in total. The van der Waals surface area contributed by atoms with E-state index >= 15 is 0 Å². The smallest absolute Gasteiger partial charge is 0.0787 e. The summed E-state index contributed by atoms with van der Waals surface area (Å²) in [5, 5.41) is 4.44. The quantitative estimate of drug-likeness (QED) is 0.675. The first kappa shape index (κ1) is 12.2. The number of rotatable bonds is 2. The van der Waals surface area contributed by atoms with Gasteiger partial charge in [0.2, 0.25) is 0 Å². The lowest BCUT2D eigenvalue weighted by molar-refractivity contribution is 0.876. The zero-order chi connectivity index (χ0) is 13.2. The molecule has 3 rings (SSSR count). The van der Waals surface area contributed by atoms with Crippen LogP contribution in [0.15, 0.2) is 65.4 Å². The summed E-state index contributed by atoms with van der Waals surface area (Å²) in [6.07, 6.45) is 3.95. The van der Waals surface area contributed by atoms with Crippen LogP contribution in [-0.2, 0) is 0 Å². The summed E-state index contributed by atoms with van der Waals surface area (Å²) < 4.78 is 2.93. The fourth-order valence-electron chi connectivity index (χ4n) is 2.07. The second-order valence-electron chi connectivity index (χ2n) is 4.49. The number of halogens is 1. The Kier molecular flexibility index (Phi) is 3.22. The van der Waals surface area contributed by atoms with Crippen molar-refractivity contribution in [1.29, 1.82) is 0 Å². The minimum atomic E-state index is 1.04. The maximum Gasteiger partial charge on any atom is 0.0787 e. The summed E-state index contributed by atoms with van der Waals surface area (Å²) in [6, 6.07) is 16.5. The first-order valence-corrected chi connectivity index (χ1v) is 6.90. The van der Waals surface area contributed by atoms with Gasteiger partial charge in [0, 0.05) is 16.2 Å². The van der Waals surface area contributed by atoms with Gasteiger partial charge in [-0.3, -0.25) is 0 Å². The lowest BCUT2D eigenvalue weighted by Gasteiger charge is -2.03. The van der Waals surface area contributed by atoms with Crippen molar-refractivity contribution in [2.45, 2.75) is 6.92 Å². The van der Waals surface area contributed by atoms with Crippen LogP contribution in [0.3, 0.4) is 0 Å². The maximum absolute atomic E-state index is 4.44. The van der Waals surface area contributed by atoms with Crippen LogP contribution in [-0.4, -0.2) is 9.78 Å². The molecule has 0 unspecified atom stereocenters. The number of para-hydroxylation sites is 1. The van der Waals surface area contributed by atoms with Gasteiger partial charge in [0.1, 0.15) is 0 Å². The van der Waals surface area contributed by atoms with E-state index in [-0.39, 0.29) is 0 Å². The first-order valence-electron chi connectivity index (χ1n) is 6.11. The number of benzene rings is 2. The van der Waals surface area contributed by atoms with Gasteiger partial charge in [0.15, 0.2) is 0 Å². The van der Waals surface area contributed by atoms with Crippen molar-refractivity contribution in [1.82, 2.24) is 9.78 Å². The minimum Gasteiger partial charge on any atom is -0.239 e. The molecule has 1 heterocycles. The Bertz CT molecular complexity index is 716. The molecular weight excluding hydrogens is 300 g/mol. The highest BCUT2D eigenvalue weighted by Gasteiger charge is 2.05. The van der Waals surface area contributed by atoms with Gasteiger partial charge in [-0.05, 0) is 40.5 Å². The van der Waals surface area contributed by atoms with Crippen molar-refractivity contribution in [3.63, 3.8) is 0 Å². The van der Waals surface area contributed by atoms with Crippen LogP contribution in [0.4, 0.5) is 0 Å². The normalized spacial score (nSPS) is 10.6. The second kappa shape index (κ2) is 5.02. The van der Waals surface area contributed by atoms with Crippen LogP contribution in [0.5, 0.6) is 0 Å². The van der Waals surface area contributed by atoms with Crippen molar-refractivity contribution < 1.29 is 0 Å². The highest BCUT2D eigenvalue weighted by atomic mass is 79.9. The van der Waals surface area contributed by atoms with Crippen LogP contribution < -0.4 is 0 Å². The molecule has 0 fully saturated rings. The standard InChI is InChI=1S/C16H13BrN2/c1-12-5-4-6-13(9-12)14-10-18-19(11-14)16-8-3-2-7-15(16)17/h2-11H,1H3. The van der Waals surface area contributed by atoms with E-state index in [0.717, 1.165) is 15.7 Å². The Hall–Kier alpha value is -1.87. The largest absolute Gasteiger partial charge is 0.239 e. The zero-order valence-electron chi connectivity index (χ0n) is 10.5. The molecule has 2 nitrogen and oxygen atoms in total. The number of hydrogen-bond acceptors (Lipinski definition) is 1. The molecule has 0 saturated carbocycles. The first-order chi connectivity index (χ1) is 9.24. The summed E-state index contributed by atoms with van der Waals surface area (Å²) in [6.45, 7) is 2.10. The SMILES string of the molecule is Cc1cccc(-c2cnn(-c3ccccc3Br)c2)c1. The Labute approximate surface area is 120 Å². The third-order valence-corrected chi connectivity index (χ3v) is 3.70. The molecule has 0 aliphatic heterocycles. The number of hydrogen-bond donors (Lipinski definition) is 0. The van der Waals surface area contributed by atoms with E-state index in [0.29, 0.717) is 0 Å². The fourth-order valence-corrected chi connectivity index (χ4v) is 2.53. The van der Waals surface area contributed by atoms with Crippen LogP contribution >= 0.6 is 15.9 Å². The predicted octanol–water partition coefficient (Wildman–Crippen LogP) is 4.61. The second-order valence-corrected chi connectivity index (χ2v) is 5.35. The Morgan fingerprint density at radius 3 is 2.63 bits per heavy atom. The average molecular weight is 313 g/mol. The third-order valence-electron chi connectivity index (χ3n) is 3.03. The van der Waals surface area contributed by atoms with Crippen molar-refractivity contribution in [3.8, 4) is 16.8 Å². The van der Waals surface area contributed by atoms with Gasteiger partial charge in [-0.15, -0.1) is 0 Å². The van der Waals surface area contributed by atoms with E-state index in [2.05, 4.69) is 58.4 Å². The van der Waals surface area contributed by atoms with Gasteiger partial charge in [0.25, 0.3) is 0 Å². The topological polar surface area (TPSA) is 17.8 Å². The van der Waals surface area contributed by atoms with Crippen molar-refractivity contribution in [2.75, 3.05) is 0 Å². The molecule has 0 bridgehead atoms. The predicted molar refractivity (Wildman–Crippen MR) is 81.4 cm³/mol. The lowest BCUT2D eigenvalue weighted by Crippen LogP contribution is -1.94. The summed E-state index contributed by atoms with van der Waals surface area (Å²) in [5.41, 5.74) is 4.62. The summed E-state index contributed by atoms with van der Waals surface area (Å²) >= 11 is 3.55. The fraction of sp³-hybridized carbons (Fsp3) is 0.0625. The van der Waals surface area contributed by atoms with Crippen LogP contribution in [0.25, 0.3) is 16.8 Å². The van der Waals surface area contributed by atoms with Gasteiger partial charge in [0.05, 0.1) is 11.9 Å². The molecule has 2 aromatic carbocycles. The molecule has 19 heavy (non-hydrogen) atoms. The summed E-state index contributed by atoms with van der Waals surface area (Å²) in [7, 11) is 0. The molecule has 0 radical (unpaired) electrons. The van der Waals surface area contributed by atoms with E-state index in [1.165, 1.54) is 11.1 Å². The van der Waals surface area contributed by atoms with Crippen LogP contribution in [0.1, 0.15) is 5.56 Å². The number of aromatic nitrogens is 2. The van der Waals surface area contributed by atoms with Gasteiger partial charge in [-0.25, -0.2) is 4.68 Å². The number of nitrogens with zero attached hydrogens (tertiary/aromatic N) is 2. The van der Waals surface area contributed by atoms with Crippen LogP contribution in [0, 0.1) is 6.92 Å². The van der Waals surface area contributed by atoms with Gasteiger partial charge < -0.3 is 0 Å². The molecular formula is C16H13BrN2. The van der Waals surface area contributed by atoms with Crippen molar-refractivity contribution in [2.24, 2.45) is 0 Å². The van der Waals surface area contributed by atoms with Gasteiger partial charge >= 0.3 is 0 Å². The van der Waals surface area contributed by atoms with E-state index in [9.17, 15) is 0 Å². The Balaban J connectivity index is 2.03. The van der Waals surface area contributed by atoms with Crippen molar-refractivity contribution in [3.05, 3.63) is 71.0 Å². The average Bonchev–Trinajstić information content (AvgIpc) is 2.89. The lowest BCUT2D eigenvalue weighted by atomic mass is 10.1. The molecule has 94 valence electrons. The Morgan fingerprint density at radius 2 is 1.84 bits per heavy atom. The molecule has 1 aromatic heterocycles. The molecule has 3 heteroatoms. The zero-order valence-corrected chi connectivity index (χ0v) is 12.1. The molecule has 0 atom stereocenters. The van der Waals surface area contributed by atoms with Crippen LogP contribution in [0.2, 0.25) is 0 Å². The molecule has 0 saturated heterocycles. The summed E-state index contributed by atoms with van der Waals surface area (Å²) in [4.78, 5) is 0. The van der Waals surface area contributed by atoms with E-state index < -0.39 is 0 Å². The monoisotopic (exact) mass is 312 g/mol. The molecule has 0 aliphatic carbocycles. The highest BCUT2D eigenvalue weighted by molar-refractivity contribution is 9.10. The molecule has 3 aromatic rings. The molecule has 0 aliphatic rings. The highest BCUT2D eigenvalue weighted by Crippen LogP contribution is 2.24. The summed E-state index contributed by atoms with van der Waals surface area (Å²) in [5.74, 6) is 0.